The summed E-state index contributed by atoms with van der Waals surface area (Å²) in [6.07, 6.45) is 8.40. The number of Topliss-reactive ketones (excluding diaryl/α,β-unsaturated/α-hetero) is 1. The fraction of sp³-hybridized carbons (Fsp3) is 0.526. The molecule has 0 radical (unpaired) electrons. The zero-order valence-corrected chi connectivity index (χ0v) is 12.7. The molecule has 1 aromatic rings. The van der Waals surface area contributed by atoms with Crippen LogP contribution in [0.1, 0.15) is 55.2 Å². The maximum atomic E-state index is 12.3. The van der Waals surface area contributed by atoms with E-state index >= 15 is 0 Å². The molecule has 3 aliphatic rings. The average molecular weight is 282 g/mol. The van der Waals surface area contributed by atoms with Crippen molar-refractivity contribution < 1.29 is 9.90 Å². The van der Waals surface area contributed by atoms with Crippen LogP contribution in [0.2, 0.25) is 0 Å². The van der Waals surface area contributed by atoms with E-state index in [1.54, 1.807) is 0 Å². The molecule has 3 aliphatic carbocycles. The van der Waals surface area contributed by atoms with E-state index in [2.05, 4.69) is 26.0 Å². The van der Waals surface area contributed by atoms with E-state index in [-0.39, 0.29) is 5.41 Å². The number of allylic oxidation sites excluding steroid dienone is 1. The standard InChI is InChI=1S/C19H22O2/c1-11-9-13(20)10-12-3-4-14-15(18(11)12)7-8-19(2)16(14)5-6-17(19)21/h3-4,9-10,14-16,20H,5-8H2,1-2H3/t14-,15-,16-,19+/m1/s1. The summed E-state index contributed by atoms with van der Waals surface area (Å²) in [7, 11) is 0. The molecule has 4 atom stereocenters. The molecule has 0 amide bonds. The van der Waals surface area contributed by atoms with Gasteiger partial charge in [0.25, 0.3) is 0 Å². The molecule has 0 heterocycles. The van der Waals surface area contributed by atoms with Gasteiger partial charge in [-0.2, -0.15) is 0 Å². The summed E-state index contributed by atoms with van der Waals surface area (Å²) in [5.41, 5.74) is 3.68. The Morgan fingerprint density at radius 2 is 2.10 bits per heavy atom. The first kappa shape index (κ1) is 13.1. The number of phenols is 1. The minimum Gasteiger partial charge on any atom is -0.508 e. The lowest BCUT2D eigenvalue weighted by Crippen LogP contribution is -2.41. The Labute approximate surface area is 125 Å². The second-order valence-electron chi connectivity index (χ2n) is 7.33. The van der Waals surface area contributed by atoms with Crippen LogP contribution in [0.3, 0.4) is 0 Å². The molecule has 21 heavy (non-hydrogen) atoms. The highest BCUT2D eigenvalue weighted by atomic mass is 16.3. The van der Waals surface area contributed by atoms with Gasteiger partial charge in [0, 0.05) is 11.8 Å². The van der Waals surface area contributed by atoms with Crippen LogP contribution in [-0.4, -0.2) is 10.9 Å². The van der Waals surface area contributed by atoms with E-state index in [0.717, 1.165) is 25.7 Å². The third kappa shape index (κ3) is 1.68. The molecular formula is C19H22O2. The van der Waals surface area contributed by atoms with E-state index in [1.807, 2.05) is 12.1 Å². The zero-order valence-electron chi connectivity index (χ0n) is 12.7. The first-order valence-electron chi connectivity index (χ1n) is 8.06. The Morgan fingerprint density at radius 1 is 1.29 bits per heavy atom. The molecule has 0 bridgehead atoms. The molecule has 4 rings (SSSR count). The number of phenolic OH excluding ortho intramolecular Hbond substituents is 1. The lowest BCUT2D eigenvalue weighted by Gasteiger charge is -2.46. The van der Waals surface area contributed by atoms with Crippen molar-refractivity contribution in [1.29, 1.82) is 0 Å². The number of aromatic hydroxyl groups is 1. The Bertz CT molecular complexity index is 658. The predicted molar refractivity (Wildman–Crippen MR) is 83.2 cm³/mol. The SMILES string of the molecule is Cc1cc(O)cc2c1[C@@H]1CC[C@]3(C)C(=O)CC[C@@H]3[C@@H]1C=C2. The first-order valence-corrected chi connectivity index (χ1v) is 8.06. The van der Waals surface area contributed by atoms with Gasteiger partial charge in [0.15, 0.2) is 0 Å². The summed E-state index contributed by atoms with van der Waals surface area (Å²) in [5, 5.41) is 9.81. The molecule has 2 nitrogen and oxygen atoms in total. The largest absolute Gasteiger partial charge is 0.508 e. The highest BCUT2D eigenvalue weighted by Gasteiger charge is 2.53. The van der Waals surface area contributed by atoms with Crippen molar-refractivity contribution in [3.63, 3.8) is 0 Å². The molecule has 2 saturated carbocycles. The fourth-order valence-electron chi connectivity index (χ4n) is 5.24. The van der Waals surface area contributed by atoms with Gasteiger partial charge in [-0.05, 0) is 72.8 Å². The van der Waals surface area contributed by atoms with Crippen molar-refractivity contribution in [3.8, 4) is 5.75 Å². The van der Waals surface area contributed by atoms with Gasteiger partial charge in [0.2, 0.25) is 0 Å². The number of hydrogen-bond acceptors (Lipinski definition) is 2. The third-order valence-corrected chi connectivity index (χ3v) is 6.31. The average Bonchev–Trinajstić information content (AvgIpc) is 2.74. The second kappa shape index (κ2) is 4.22. The van der Waals surface area contributed by atoms with Crippen molar-refractivity contribution in [2.24, 2.45) is 17.3 Å². The Balaban J connectivity index is 1.80. The van der Waals surface area contributed by atoms with Crippen molar-refractivity contribution in [2.45, 2.75) is 45.4 Å². The molecule has 0 unspecified atom stereocenters. The van der Waals surface area contributed by atoms with Crippen LogP contribution in [0.5, 0.6) is 5.75 Å². The van der Waals surface area contributed by atoms with Crippen LogP contribution in [0, 0.1) is 24.2 Å². The van der Waals surface area contributed by atoms with Gasteiger partial charge in [0.05, 0.1) is 0 Å². The van der Waals surface area contributed by atoms with Crippen LogP contribution in [0.25, 0.3) is 6.08 Å². The molecule has 2 fully saturated rings. The number of aryl methyl sites for hydroxylation is 1. The third-order valence-electron chi connectivity index (χ3n) is 6.31. The van der Waals surface area contributed by atoms with Crippen LogP contribution < -0.4 is 0 Å². The quantitative estimate of drug-likeness (QED) is 0.774. The van der Waals surface area contributed by atoms with Gasteiger partial charge in [-0.3, -0.25) is 4.79 Å². The smallest absolute Gasteiger partial charge is 0.139 e. The van der Waals surface area contributed by atoms with Crippen molar-refractivity contribution in [2.75, 3.05) is 0 Å². The van der Waals surface area contributed by atoms with E-state index in [1.165, 1.54) is 16.7 Å². The highest BCUT2D eigenvalue weighted by molar-refractivity contribution is 5.87. The van der Waals surface area contributed by atoms with Crippen molar-refractivity contribution >= 4 is 11.9 Å². The number of ketones is 1. The normalized spacial score (nSPS) is 37.0. The number of benzene rings is 1. The van der Waals surface area contributed by atoms with Gasteiger partial charge in [0.1, 0.15) is 11.5 Å². The van der Waals surface area contributed by atoms with E-state index in [0.29, 0.717) is 29.3 Å². The van der Waals surface area contributed by atoms with Gasteiger partial charge >= 0.3 is 0 Å². The zero-order chi connectivity index (χ0) is 14.8. The maximum absolute atomic E-state index is 12.3. The lowest BCUT2D eigenvalue weighted by molar-refractivity contribution is -0.128. The molecule has 0 aromatic heterocycles. The molecule has 0 spiro atoms. The molecule has 0 saturated heterocycles. The minimum absolute atomic E-state index is 0.0895. The predicted octanol–water partition coefficient (Wildman–Crippen LogP) is 4.21. The molecule has 2 heteroatoms. The monoisotopic (exact) mass is 282 g/mol. The van der Waals surface area contributed by atoms with Gasteiger partial charge < -0.3 is 5.11 Å². The van der Waals surface area contributed by atoms with Crippen molar-refractivity contribution in [3.05, 3.63) is 34.9 Å². The Hall–Kier alpha value is -1.57. The van der Waals surface area contributed by atoms with Crippen molar-refractivity contribution in [1.82, 2.24) is 0 Å². The van der Waals surface area contributed by atoms with Gasteiger partial charge in [-0.15, -0.1) is 0 Å². The molecular weight excluding hydrogens is 260 g/mol. The van der Waals surface area contributed by atoms with Crippen LogP contribution in [0.15, 0.2) is 18.2 Å². The van der Waals surface area contributed by atoms with Crippen LogP contribution in [0.4, 0.5) is 0 Å². The number of carbonyl (C=O) groups excluding carboxylic acids is 1. The van der Waals surface area contributed by atoms with Crippen LogP contribution in [-0.2, 0) is 4.79 Å². The molecule has 1 aromatic carbocycles. The topological polar surface area (TPSA) is 37.3 Å². The summed E-state index contributed by atoms with van der Waals surface area (Å²) < 4.78 is 0. The summed E-state index contributed by atoms with van der Waals surface area (Å²) in [4.78, 5) is 12.3. The highest BCUT2D eigenvalue weighted by Crippen LogP contribution is 2.59. The van der Waals surface area contributed by atoms with E-state index in [9.17, 15) is 9.90 Å². The number of hydrogen-bond donors (Lipinski definition) is 1. The molecule has 1 N–H and O–H groups in total. The number of fused-ring (bicyclic) bond motifs is 5. The van der Waals surface area contributed by atoms with Gasteiger partial charge in [-0.1, -0.05) is 19.1 Å². The van der Waals surface area contributed by atoms with Crippen LogP contribution >= 0.6 is 0 Å². The number of rotatable bonds is 0. The lowest BCUT2D eigenvalue weighted by atomic mass is 9.57. The van der Waals surface area contributed by atoms with E-state index < -0.39 is 0 Å². The Kier molecular flexibility index (Phi) is 2.64. The summed E-state index contributed by atoms with van der Waals surface area (Å²) in [6, 6.07) is 3.76. The Morgan fingerprint density at radius 3 is 2.90 bits per heavy atom. The molecule has 0 aliphatic heterocycles. The molecule has 110 valence electrons. The summed E-state index contributed by atoms with van der Waals surface area (Å²) >= 11 is 0. The maximum Gasteiger partial charge on any atom is 0.139 e. The van der Waals surface area contributed by atoms with E-state index in [4.69, 9.17) is 0 Å². The summed E-state index contributed by atoms with van der Waals surface area (Å²) in [5.74, 6) is 2.35. The summed E-state index contributed by atoms with van der Waals surface area (Å²) in [6.45, 7) is 4.29. The van der Waals surface area contributed by atoms with Gasteiger partial charge in [-0.25, -0.2) is 0 Å². The minimum atomic E-state index is -0.0895. The second-order valence-corrected chi connectivity index (χ2v) is 7.33. The number of carbonyl (C=O) groups is 1. The first-order chi connectivity index (χ1) is 10.0. The fourth-order valence-corrected chi connectivity index (χ4v) is 5.24.